The zero-order chi connectivity index (χ0) is 19.7. The molecule has 0 saturated carbocycles. The molecule has 28 heavy (non-hydrogen) atoms. The van der Waals surface area contributed by atoms with E-state index in [4.69, 9.17) is 4.74 Å². The Morgan fingerprint density at radius 3 is 2.68 bits per heavy atom. The van der Waals surface area contributed by atoms with E-state index in [1.165, 1.54) is 0 Å². The van der Waals surface area contributed by atoms with Gasteiger partial charge in [0.2, 0.25) is 5.91 Å². The highest BCUT2D eigenvalue weighted by Gasteiger charge is 2.55. The smallest absolute Gasteiger partial charge is 0.325 e. The molecule has 2 aliphatic rings. The number of urea groups is 1. The van der Waals surface area contributed by atoms with Crippen LogP contribution in [0.25, 0.3) is 0 Å². The summed E-state index contributed by atoms with van der Waals surface area (Å²) in [4.78, 5) is 38.9. The van der Waals surface area contributed by atoms with Crippen molar-refractivity contribution in [3.8, 4) is 5.75 Å². The van der Waals surface area contributed by atoms with E-state index in [1.807, 2.05) is 31.2 Å². The molecule has 1 atom stereocenters. The highest BCUT2D eigenvalue weighted by molar-refractivity contribution is 6.10. The number of carbonyl (C=O) groups excluding carboxylic acids is 3. The molecule has 1 spiro atoms. The van der Waals surface area contributed by atoms with Gasteiger partial charge in [0.1, 0.15) is 17.8 Å². The van der Waals surface area contributed by atoms with Crippen molar-refractivity contribution in [3.05, 3.63) is 59.7 Å². The van der Waals surface area contributed by atoms with Crippen LogP contribution in [0.4, 0.5) is 10.5 Å². The molecule has 7 nitrogen and oxygen atoms in total. The minimum absolute atomic E-state index is 0.332. The molecular weight excluding hydrogens is 358 g/mol. The number of rotatable bonds is 5. The molecule has 2 N–H and O–H groups in total. The molecule has 2 aromatic rings. The second-order valence-corrected chi connectivity index (χ2v) is 6.89. The van der Waals surface area contributed by atoms with E-state index in [2.05, 4.69) is 10.6 Å². The van der Waals surface area contributed by atoms with Crippen LogP contribution in [0, 0.1) is 0 Å². The van der Waals surface area contributed by atoms with E-state index in [0.717, 1.165) is 16.0 Å². The fourth-order valence-corrected chi connectivity index (χ4v) is 3.88. The van der Waals surface area contributed by atoms with Gasteiger partial charge in [0.25, 0.3) is 5.91 Å². The van der Waals surface area contributed by atoms with Crippen LogP contribution in [-0.2, 0) is 21.5 Å². The number of benzene rings is 2. The summed E-state index contributed by atoms with van der Waals surface area (Å²) in [7, 11) is 0. The minimum atomic E-state index is -1.05. The first-order chi connectivity index (χ1) is 13.5. The van der Waals surface area contributed by atoms with Gasteiger partial charge in [-0.25, -0.2) is 4.79 Å². The number of fused-ring (bicyclic) bond motifs is 2. The molecule has 2 aromatic carbocycles. The normalized spacial score (nSPS) is 20.2. The number of nitrogens with zero attached hydrogens (tertiary/aromatic N) is 1. The van der Waals surface area contributed by atoms with Gasteiger partial charge in [-0.05, 0) is 55.2 Å². The number of aryl methyl sites for hydroxylation is 1. The van der Waals surface area contributed by atoms with Crippen molar-refractivity contribution in [1.82, 2.24) is 10.2 Å². The maximum Gasteiger partial charge on any atom is 0.325 e. The average molecular weight is 379 g/mol. The Balaban J connectivity index is 1.46. The Kier molecular flexibility index (Phi) is 4.50. The lowest BCUT2D eigenvalue weighted by Crippen LogP contribution is -2.42. The lowest BCUT2D eigenvalue weighted by atomic mass is 9.92. The molecular formula is C21H21N3O4. The molecule has 1 aliphatic carbocycles. The van der Waals surface area contributed by atoms with E-state index < -0.39 is 17.5 Å². The van der Waals surface area contributed by atoms with Crippen LogP contribution in [0.3, 0.4) is 0 Å². The summed E-state index contributed by atoms with van der Waals surface area (Å²) < 4.78 is 5.37. The average Bonchev–Trinajstić information content (AvgIpc) is 3.17. The Morgan fingerprint density at radius 1 is 1.18 bits per heavy atom. The van der Waals surface area contributed by atoms with Gasteiger partial charge in [-0.2, -0.15) is 0 Å². The van der Waals surface area contributed by atoms with Crippen LogP contribution in [-0.4, -0.2) is 35.9 Å². The molecule has 7 heteroatoms. The third-order valence-corrected chi connectivity index (χ3v) is 5.17. The largest absolute Gasteiger partial charge is 0.494 e. The lowest BCUT2D eigenvalue weighted by molar-refractivity contribution is -0.134. The van der Waals surface area contributed by atoms with Crippen molar-refractivity contribution in [3.63, 3.8) is 0 Å². The molecule has 0 radical (unpaired) electrons. The predicted octanol–water partition coefficient (Wildman–Crippen LogP) is 2.42. The summed E-state index contributed by atoms with van der Waals surface area (Å²) in [6, 6.07) is 14.0. The van der Waals surface area contributed by atoms with Crippen LogP contribution in [0.15, 0.2) is 48.5 Å². The number of amides is 4. The van der Waals surface area contributed by atoms with Gasteiger partial charge in [-0.3, -0.25) is 14.5 Å². The summed E-state index contributed by atoms with van der Waals surface area (Å²) in [5.74, 6) is -0.100. The number of ether oxygens (including phenoxy) is 1. The molecule has 4 amide bonds. The van der Waals surface area contributed by atoms with E-state index in [0.29, 0.717) is 30.9 Å². The molecule has 0 aromatic heterocycles. The summed E-state index contributed by atoms with van der Waals surface area (Å²) in [6.07, 6.45) is 1.22. The van der Waals surface area contributed by atoms with E-state index in [-0.39, 0.29) is 12.5 Å². The summed E-state index contributed by atoms with van der Waals surface area (Å²) in [5.41, 5.74) is 1.40. The number of hydrogen-bond donors (Lipinski definition) is 2. The molecule has 0 unspecified atom stereocenters. The molecule has 1 heterocycles. The summed E-state index contributed by atoms with van der Waals surface area (Å²) in [5, 5.41) is 5.53. The van der Waals surface area contributed by atoms with Crippen LogP contribution < -0.4 is 15.4 Å². The van der Waals surface area contributed by atoms with Crippen molar-refractivity contribution in [1.29, 1.82) is 0 Å². The van der Waals surface area contributed by atoms with E-state index >= 15 is 0 Å². The Labute approximate surface area is 162 Å². The fourth-order valence-electron chi connectivity index (χ4n) is 3.88. The number of imide groups is 1. The van der Waals surface area contributed by atoms with E-state index in [1.54, 1.807) is 24.3 Å². The Hall–Kier alpha value is -3.35. The molecule has 1 saturated heterocycles. The fraction of sp³-hybridized carbons (Fsp3) is 0.286. The number of nitrogens with one attached hydrogen (secondary N) is 2. The highest BCUT2D eigenvalue weighted by Crippen LogP contribution is 2.41. The van der Waals surface area contributed by atoms with Crippen molar-refractivity contribution < 1.29 is 19.1 Å². The molecule has 1 fully saturated rings. The number of anilines is 1. The van der Waals surface area contributed by atoms with Gasteiger partial charge in [0, 0.05) is 5.69 Å². The second kappa shape index (κ2) is 6.99. The van der Waals surface area contributed by atoms with Gasteiger partial charge in [-0.15, -0.1) is 0 Å². The first-order valence-electron chi connectivity index (χ1n) is 9.29. The first kappa shape index (κ1) is 18.0. The zero-order valence-corrected chi connectivity index (χ0v) is 15.5. The van der Waals surface area contributed by atoms with Crippen molar-refractivity contribution >= 4 is 23.5 Å². The van der Waals surface area contributed by atoms with Gasteiger partial charge in [0.05, 0.1) is 6.61 Å². The standard InChI is InChI=1S/C21H21N3O4/c1-2-28-16-9-7-15(8-10-16)22-18(25)13-24-19(26)21(23-20(24)27)12-11-14-5-3-4-6-17(14)21/h3-10H,2,11-13H2,1H3,(H,22,25)(H,23,27)/t21-/m1/s1. The summed E-state index contributed by atoms with van der Waals surface area (Å²) in [6.45, 7) is 2.12. The molecule has 1 aliphatic heterocycles. The summed E-state index contributed by atoms with van der Waals surface area (Å²) >= 11 is 0. The topological polar surface area (TPSA) is 87.7 Å². The monoisotopic (exact) mass is 379 g/mol. The van der Waals surface area contributed by atoms with Crippen LogP contribution in [0.1, 0.15) is 24.5 Å². The molecule has 0 bridgehead atoms. The second-order valence-electron chi connectivity index (χ2n) is 6.89. The van der Waals surface area contributed by atoms with Gasteiger partial charge in [-0.1, -0.05) is 24.3 Å². The zero-order valence-electron chi connectivity index (χ0n) is 15.5. The third-order valence-electron chi connectivity index (χ3n) is 5.17. The van der Waals surface area contributed by atoms with Crippen molar-refractivity contribution in [2.45, 2.75) is 25.3 Å². The predicted molar refractivity (Wildman–Crippen MR) is 103 cm³/mol. The van der Waals surface area contributed by atoms with Crippen LogP contribution in [0.2, 0.25) is 0 Å². The van der Waals surface area contributed by atoms with Crippen molar-refractivity contribution in [2.75, 3.05) is 18.5 Å². The Morgan fingerprint density at radius 2 is 1.93 bits per heavy atom. The lowest BCUT2D eigenvalue weighted by Gasteiger charge is -2.22. The van der Waals surface area contributed by atoms with Crippen LogP contribution in [0.5, 0.6) is 5.75 Å². The van der Waals surface area contributed by atoms with Crippen molar-refractivity contribution in [2.24, 2.45) is 0 Å². The Bertz CT molecular complexity index is 941. The van der Waals surface area contributed by atoms with Gasteiger partial charge < -0.3 is 15.4 Å². The minimum Gasteiger partial charge on any atom is -0.494 e. The first-order valence-corrected chi connectivity index (χ1v) is 9.29. The SMILES string of the molecule is CCOc1ccc(NC(=O)CN2C(=O)N[C@@]3(CCc4ccccc43)C2=O)cc1. The highest BCUT2D eigenvalue weighted by atomic mass is 16.5. The molecule has 144 valence electrons. The van der Waals surface area contributed by atoms with Gasteiger partial charge >= 0.3 is 6.03 Å². The van der Waals surface area contributed by atoms with Crippen LogP contribution >= 0.6 is 0 Å². The maximum absolute atomic E-state index is 13.1. The molecule has 4 rings (SSSR count). The van der Waals surface area contributed by atoms with E-state index in [9.17, 15) is 14.4 Å². The maximum atomic E-state index is 13.1. The number of hydrogen-bond acceptors (Lipinski definition) is 4. The number of carbonyl (C=O) groups is 3. The quantitative estimate of drug-likeness (QED) is 0.781. The van der Waals surface area contributed by atoms with Gasteiger partial charge in [0.15, 0.2) is 0 Å². The third kappa shape index (κ3) is 2.98.